The topological polar surface area (TPSA) is 64.0 Å². The van der Waals surface area contributed by atoms with Crippen LogP contribution in [0.5, 0.6) is 0 Å². The summed E-state index contributed by atoms with van der Waals surface area (Å²) in [6, 6.07) is 13.8. The van der Waals surface area contributed by atoms with E-state index in [0.29, 0.717) is 22.2 Å². The standard InChI is InChI=1S/C16H11Cl2N3O2S/c17-11-7-5-10(6-8-11)9-21-16(23)20-15(24-21)19-14(22)12-3-1-2-4-13(12)18/h1-8H,9H2,(H,19,20,22,23). The molecule has 0 unspecified atom stereocenters. The van der Waals surface area contributed by atoms with E-state index in [1.165, 1.54) is 3.96 Å². The first kappa shape index (κ1) is 16.7. The van der Waals surface area contributed by atoms with Gasteiger partial charge in [-0.25, -0.2) is 8.75 Å². The first-order valence-corrected chi connectivity index (χ1v) is 8.44. The third-order valence-electron chi connectivity index (χ3n) is 3.19. The number of hydrogen-bond donors (Lipinski definition) is 1. The van der Waals surface area contributed by atoms with Crippen LogP contribution >= 0.6 is 34.7 Å². The molecule has 0 atom stereocenters. The van der Waals surface area contributed by atoms with Crippen LogP contribution in [-0.2, 0) is 6.54 Å². The van der Waals surface area contributed by atoms with Crippen LogP contribution in [0.3, 0.4) is 0 Å². The van der Waals surface area contributed by atoms with Crippen molar-refractivity contribution in [3.8, 4) is 0 Å². The molecule has 0 saturated heterocycles. The smallest absolute Gasteiger partial charge is 0.297 e. The minimum Gasteiger partial charge on any atom is -0.297 e. The van der Waals surface area contributed by atoms with Crippen molar-refractivity contribution in [3.63, 3.8) is 0 Å². The predicted octanol–water partition coefficient (Wildman–Crippen LogP) is 3.91. The molecule has 3 aromatic rings. The van der Waals surface area contributed by atoms with Crippen molar-refractivity contribution in [3.05, 3.63) is 80.2 Å². The molecule has 0 fully saturated rings. The van der Waals surface area contributed by atoms with Gasteiger partial charge >= 0.3 is 5.69 Å². The normalized spacial score (nSPS) is 10.6. The molecule has 0 aliphatic heterocycles. The van der Waals surface area contributed by atoms with Crippen LogP contribution in [0.15, 0.2) is 53.3 Å². The summed E-state index contributed by atoms with van der Waals surface area (Å²) < 4.78 is 1.45. The van der Waals surface area contributed by atoms with Gasteiger partial charge in [0.15, 0.2) is 0 Å². The van der Waals surface area contributed by atoms with E-state index >= 15 is 0 Å². The highest BCUT2D eigenvalue weighted by Gasteiger charge is 2.13. The maximum absolute atomic E-state index is 12.2. The highest BCUT2D eigenvalue weighted by Crippen LogP contribution is 2.18. The highest BCUT2D eigenvalue weighted by atomic mass is 35.5. The van der Waals surface area contributed by atoms with Gasteiger partial charge in [0.05, 0.1) is 17.1 Å². The van der Waals surface area contributed by atoms with Gasteiger partial charge < -0.3 is 0 Å². The van der Waals surface area contributed by atoms with Crippen molar-refractivity contribution in [2.75, 3.05) is 5.32 Å². The van der Waals surface area contributed by atoms with Gasteiger partial charge in [-0.15, -0.1) is 0 Å². The summed E-state index contributed by atoms with van der Waals surface area (Å²) in [6.45, 7) is 0.357. The van der Waals surface area contributed by atoms with Gasteiger partial charge in [-0.1, -0.05) is 47.5 Å². The van der Waals surface area contributed by atoms with E-state index < -0.39 is 11.6 Å². The number of carbonyl (C=O) groups is 1. The molecule has 5 nitrogen and oxygen atoms in total. The lowest BCUT2D eigenvalue weighted by atomic mass is 10.2. The Bertz CT molecular complexity index is 935. The van der Waals surface area contributed by atoms with Crippen LogP contribution in [0, 0.1) is 0 Å². The Morgan fingerprint density at radius 3 is 2.54 bits per heavy atom. The van der Waals surface area contributed by atoms with E-state index in [4.69, 9.17) is 23.2 Å². The minimum atomic E-state index is -0.426. The number of nitrogens with zero attached hydrogens (tertiary/aromatic N) is 2. The minimum absolute atomic E-state index is 0.221. The fourth-order valence-electron chi connectivity index (χ4n) is 2.02. The number of halogens is 2. The molecule has 1 amide bonds. The molecule has 24 heavy (non-hydrogen) atoms. The Kier molecular flexibility index (Phi) is 4.99. The van der Waals surface area contributed by atoms with Gasteiger partial charge in [0.25, 0.3) is 5.91 Å². The number of amides is 1. The zero-order valence-electron chi connectivity index (χ0n) is 12.2. The molecular weight excluding hydrogens is 369 g/mol. The molecule has 3 rings (SSSR count). The van der Waals surface area contributed by atoms with E-state index in [0.717, 1.165) is 17.1 Å². The summed E-state index contributed by atoms with van der Waals surface area (Å²) in [5, 5.41) is 3.78. The van der Waals surface area contributed by atoms with Gasteiger partial charge in [0, 0.05) is 5.02 Å². The monoisotopic (exact) mass is 379 g/mol. The van der Waals surface area contributed by atoms with Crippen molar-refractivity contribution in [1.82, 2.24) is 8.94 Å². The zero-order valence-corrected chi connectivity index (χ0v) is 14.5. The molecular formula is C16H11Cl2N3O2S. The van der Waals surface area contributed by atoms with Crippen LogP contribution in [0.4, 0.5) is 5.13 Å². The largest absolute Gasteiger partial charge is 0.360 e. The first-order valence-electron chi connectivity index (χ1n) is 6.91. The maximum atomic E-state index is 12.2. The van der Waals surface area contributed by atoms with Gasteiger partial charge in [-0.05, 0) is 41.4 Å². The summed E-state index contributed by atoms with van der Waals surface area (Å²) in [6.07, 6.45) is 0. The second kappa shape index (κ2) is 7.17. The van der Waals surface area contributed by atoms with Gasteiger partial charge in [-0.2, -0.15) is 4.98 Å². The van der Waals surface area contributed by atoms with Crippen LogP contribution in [-0.4, -0.2) is 14.8 Å². The Morgan fingerprint density at radius 1 is 1.12 bits per heavy atom. The molecule has 1 heterocycles. The molecule has 0 saturated carbocycles. The molecule has 0 aliphatic rings. The van der Waals surface area contributed by atoms with Crippen molar-refractivity contribution >= 4 is 45.8 Å². The number of benzene rings is 2. The van der Waals surface area contributed by atoms with E-state index in [9.17, 15) is 9.59 Å². The Labute approximate surface area is 151 Å². The number of hydrogen-bond acceptors (Lipinski definition) is 4. The fourth-order valence-corrected chi connectivity index (χ4v) is 3.17. The molecule has 1 N–H and O–H groups in total. The van der Waals surface area contributed by atoms with Crippen LogP contribution in [0.2, 0.25) is 10.0 Å². The molecule has 2 aromatic carbocycles. The summed E-state index contributed by atoms with van der Waals surface area (Å²) in [7, 11) is 0. The number of carbonyl (C=O) groups excluding carboxylic acids is 1. The maximum Gasteiger partial charge on any atom is 0.360 e. The Morgan fingerprint density at radius 2 is 1.83 bits per heavy atom. The molecule has 1 aromatic heterocycles. The lowest BCUT2D eigenvalue weighted by molar-refractivity contribution is 0.102. The van der Waals surface area contributed by atoms with Crippen LogP contribution in [0.1, 0.15) is 15.9 Å². The van der Waals surface area contributed by atoms with Crippen LogP contribution < -0.4 is 11.0 Å². The van der Waals surface area contributed by atoms with E-state index in [-0.39, 0.29) is 5.13 Å². The first-order chi connectivity index (χ1) is 11.5. The third-order valence-corrected chi connectivity index (χ3v) is 4.64. The number of rotatable bonds is 4. The van der Waals surface area contributed by atoms with Crippen LogP contribution in [0.25, 0.3) is 0 Å². The molecule has 122 valence electrons. The third kappa shape index (κ3) is 3.84. The van der Waals surface area contributed by atoms with Crippen molar-refractivity contribution in [2.45, 2.75) is 6.54 Å². The quantitative estimate of drug-likeness (QED) is 0.747. The van der Waals surface area contributed by atoms with Gasteiger partial charge in [-0.3, -0.25) is 10.1 Å². The van der Waals surface area contributed by atoms with Crippen molar-refractivity contribution in [2.24, 2.45) is 0 Å². The molecule has 0 aliphatic carbocycles. The van der Waals surface area contributed by atoms with Crippen molar-refractivity contribution < 1.29 is 4.79 Å². The summed E-state index contributed by atoms with van der Waals surface area (Å²) in [5.41, 5.74) is 0.810. The second-order valence-corrected chi connectivity index (χ2v) is 6.74. The van der Waals surface area contributed by atoms with Crippen molar-refractivity contribution in [1.29, 1.82) is 0 Å². The molecule has 8 heteroatoms. The summed E-state index contributed by atoms with van der Waals surface area (Å²) in [5.74, 6) is -0.409. The zero-order chi connectivity index (χ0) is 17.1. The lowest BCUT2D eigenvalue weighted by Crippen LogP contribution is -2.16. The molecule has 0 radical (unpaired) electrons. The second-order valence-electron chi connectivity index (χ2n) is 4.89. The summed E-state index contributed by atoms with van der Waals surface area (Å²) >= 11 is 12.9. The van der Waals surface area contributed by atoms with Gasteiger partial charge in [0.2, 0.25) is 5.13 Å². The average molecular weight is 380 g/mol. The Hall–Kier alpha value is -2.15. The van der Waals surface area contributed by atoms with Gasteiger partial charge in [0.1, 0.15) is 0 Å². The number of aromatic nitrogens is 2. The van der Waals surface area contributed by atoms with E-state index in [1.54, 1.807) is 36.4 Å². The SMILES string of the molecule is O=C(Nc1nc(=O)n(Cc2ccc(Cl)cc2)s1)c1ccccc1Cl. The predicted molar refractivity (Wildman–Crippen MR) is 96.3 cm³/mol. The highest BCUT2D eigenvalue weighted by molar-refractivity contribution is 7.10. The van der Waals surface area contributed by atoms with E-state index in [1.807, 2.05) is 12.1 Å². The van der Waals surface area contributed by atoms with E-state index in [2.05, 4.69) is 10.3 Å². The molecule has 0 spiro atoms. The summed E-state index contributed by atoms with van der Waals surface area (Å²) in [4.78, 5) is 28.0. The lowest BCUT2D eigenvalue weighted by Gasteiger charge is -2.03. The molecule has 0 bridgehead atoms. The number of nitrogens with one attached hydrogen (secondary N) is 1. The fraction of sp³-hybridized carbons (Fsp3) is 0.0625. The average Bonchev–Trinajstić information content (AvgIpc) is 2.89. The number of anilines is 1. The Balaban J connectivity index is 1.77.